The molecule has 160 valence electrons. The van der Waals surface area contributed by atoms with Crippen LogP contribution in [0.25, 0.3) is 0 Å². The van der Waals surface area contributed by atoms with Gasteiger partial charge in [0.2, 0.25) is 0 Å². The first kappa shape index (κ1) is 20.6. The topological polar surface area (TPSA) is 64.5 Å². The molecule has 0 aromatic heterocycles. The van der Waals surface area contributed by atoms with E-state index in [1.807, 2.05) is 121 Å². The molecule has 1 aliphatic rings. The van der Waals surface area contributed by atoms with Crippen LogP contribution in [0.3, 0.4) is 0 Å². The lowest BCUT2D eigenvalue weighted by Crippen LogP contribution is -2.68. The lowest BCUT2D eigenvalue weighted by molar-refractivity contribution is -0.169. The molecule has 0 bridgehead atoms. The summed E-state index contributed by atoms with van der Waals surface area (Å²) in [5.41, 5.74) is 0.239. The minimum atomic E-state index is -1.47. The van der Waals surface area contributed by atoms with Crippen LogP contribution in [0.1, 0.15) is 34.3 Å². The van der Waals surface area contributed by atoms with Gasteiger partial charge in [0.05, 0.1) is 12.1 Å². The van der Waals surface area contributed by atoms with Crippen molar-refractivity contribution >= 4 is 0 Å². The van der Waals surface area contributed by atoms with Gasteiger partial charge in [-0.1, -0.05) is 121 Å². The highest BCUT2D eigenvalue weighted by Gasteiger charge is 2.55. The minimum absolute atomic E-state index is 0.615. The van der Waals surface area contributed by atoms with E-state index in [1.165, 1.54) is 0 Å². The fourth-order valence-electron chi connectivity index (χ4n) is 4.64. The Kier molecular flexibility index (Phi) is 5.37. The van der Waals surface area contributed by atoms with Crippen LogP contribution in [0.15, 0.2) is 121 Å². The monoisotopic (exact) mass is 422 g/mol. The highest BCUT2D eigenvalue weighted by Crippen LogP contribution is 2.47. The van der Waals surface area contributed by atoms with Gasteiger partial charge in [-0.2, -0.15) is 0 Å². The molecule has 0 saturated carbocycles. The molecule has 4 atom stereocenters. The maximum absolute atomic E-state index is 12.2. The summed E-state index contributed by atoms with van der Waals surface area (Å²) in [7, 11) is 0. The Morgan fingerprint density at radius 1 is 0.438 bits per heavy atom. The van der Waals surface area contributed by atoms with Crippen LogP contribution < -0.4 is 10.6 Å². The summed E-state index contributed by atoms with van der Waals surface area (Å²) in [6.45, 7) is 0. The van der Waals surface area contributed by atoms with Crippen molar-refractivity contribution in [2.24, 2.45) is 0 Å². The van der Waals surface area contributed by atoms with Crippen molar-refractivity contribution in [2.75, 3.05) is 0 Å². The zero-order chi connectivity index (χ0) is 22.0. The molecule has 1 heterocycles. The number of piperazine rings is 1. The summed E-state index contributed by atoms with van der Waals surface area (Å²) in [5, 5.41) is 31.3. The number of nitrogens with one attached hydrogen (secondary N) is 2. The van der Waals surface area contributed by atoms with E-state index in [2.05, 4.69) is 10.6 Å². The van der Waals surface area contributed by atoms with Gasteiger partial charge < -0.3 is 10.2 Å². The highest BCUT2D eigenvalue weighted by molar-refractivity contribution is 5.38. The van der Waals surface area contributed by atoms with Gasteiger partial charge in [-0.15, -0.1) is 0 Å². The zero-order valence-electron chi connectivity index (χ0n) is 17.6. The molecule has 4 nitrogen and oxygen atoms in total. The normalized spacial score (nSPS) is 27.7. The number of hydrogen-bond donors (Lipinski definition) is 4. The van der Waals surface area contributed by atoms with Gasteiger partial charge in [-0.25, -0.2) is 0 Å². The predicted molar refractivity (Wildman–Crippen MR) is 125 cm³/mol. The number of benzene rings is 4. The van der Waals surface area contributed by atoms with E-state index in [0.717, 1.165) is 22.3 Å². The van der Waals surface area contributed by atoms with Crippen molar-refractivity contribution in [1.82, 2.24) is 10.6 Å². The second-order valence-electron chi connectivity index (χ2n) is 8.24. The maximum atomic E-state index is 12.2. The number of rotatable bonds is 4. The number of hydrogen-bond acceptors (Lipinski definition) is 4. The van der Waals surface area contributed by atoms with Crippen molar-refractivity contribution < 1.29 is 10.2 Å². The van der Waals surface area contributed by atoms with Crippen LogP contribution in [0.2, 0.25) is 0 Å². The third kappa shape index (κ3) is 3.53. The van der Waals surface area contributed by atoms with Crippen molar-refractivity contribution in [1.29, 1.82) is 0 Å². The Balaban J connectivity index is 1.71. The van der Waals surface area contributed by atoms with Crippen LogP contribution >= 0.6 is 0 Å². The van der Waals surface area contributed by atoms with Gasteiger partial charge in [0, 0.05) is 11.1 Å². The van der Waals surface area contributed by atoms with Gasteiger partial charge >= 0.3 is 0 Å². The second kappa shape index (κ2) is 8.34. The first-order valence-corrected chi connectivity index (χ1v) is 10.8. The SMILES string of the molecule is OC1(c2ccccc2)NC(c2ccccc2)C(O)(c2ccccc2)NC1c1ccccc1. The van der Waals surface area contributed by atoms with Crippen LogP contribution in [0.5, 0.6) is 0 Å². The van der Waals surface area contributed by atoms with E-state index in [-0.39, 0.29) is 0 Å². The Labute approximate surface area is 188 Å². The van der Waals surface area contributed by atoms with Crippen molar-refractivity contribution in [3.8, 4) is 0 Å². The van der Waals surface area contributed by atoms with Gasteiger partial charge in [-0.05, 0) is 11.1 Å². The van der Waals surface area contributed by atoms with Gasteiger partial charge in [0.15, 0.2) is 11.4 Å². The molecular weight excluding hydrogens is 396 g/mol. The zero-order valence-corrected chi connectivity index (χ0v) is 17.6. The molecule has 4 heteroatoms. The average Bonchev–Trinajstić information content (AvgIpc) is 2.87. The quantitative estimate of drug-likeness (QED) is 0.395. The van der Waals surface area contributed by atoms with E-state index in [4.69, 9.17) is 0 Å². The molecule has 0 amide bonds. The molecule has 1 aliphatic heterocycles. The summed E-state index contributed by atoms with van der Waals surface area (Å²) in [6, 6.07) is 37.3. The summed E-state index contributed by atoms with van der Waals surface area (Å²) in [4.78, 5) is 0. The summed E-state index contributed by atoms with van der Waals surface area (Å²) in [5.74, 6) is 0. The molecule has 0 radical (unpaired) electrons. The fraction of sp³-hybridized carbons (Fsp3) is 0.143. The lowest BCUT2D eigenvalue weighted by atomic mass is 9.79. The Morgan fingerprint density at radius 2 is 0.719 bits per heavy atom. The van der Waals surface area contributed by atoms with Crippen LogP contribution in [0, 0.1) is 0 Å². The lowest BCUT2D eigenvalue weighted by Gasteiger charge is -2.53. The maximum Gasteiger partial charge on any atom is 0.162 e. The molecule has 4 aromatic carbocycles. The molecule has 5 rings (SSSR count). The molecule has 1 saturated heterocycles. The Bertz CT molecular complexity index is 1060. The first-order valence-electron chi connectivity index (χ1n) is 10.8. The minimum Gasteiger partial charge on any atom is -0.370 e. The number of aliphatic hydroxyl groups is 2. The highest BCUT2D eigenvalue weighted by atomic mass is 16.3. The molecule has 4 aromatic rings. The van der Waals surface area contributed by atoms with Crippen molar-refractivity contribution in [2.45, 2.75) is 23.5 Å². The van der Waals surface area contributed by atoms with Crippen molar-refractivity contribution in [3.05, 3.63) is 144 Å². The standard InChI is InChI=1S/C28H26N2O2/c31-27(23-17-9-3-10-18-23)25(21-13-5-1-6-14-21)29-28(32,24-19-11-4-12-20-24)26(30-27)22-15-7-2-8-16-22/h1-20,25-26,29-32H. The fourth-order valence-corrected chi connectivity index (χ4v) is 4.64. The smallest absolute Gasteiger partial charge is 0.162 e. The molecule has 0 aliphatic carbocycles. The Morgan fingerprint density at radius 3 is 1.03 bits per heavy atom. The van der Waals surface area contributed by atoms with Gasteiger partial charge in [0.1, 0.15) is 0 Å². The average molecular weight is 423 g/mol. The van der Waals surface area contributed by atoms with Crippen molar-refractivity contribution in [3.63, 3.8) is 0 Å². The second-order valence-corrected chi connectivity index (χ2v) is 8.24. The molecule has 4 unspecified atom stereocenters. The molecule has 0 spiro atoms. The van der Waals surface area contributed by atoms with E-state index in [1.54, 1.807) is 0 Å². The van der Waals surface area contributed by atoms with E-state index in [0.29, 0.717) is 0 Å². The Hall–Kier alpha value is -3.28. The van der Waals surface area contributed by atoms with Crippen LogP contribution in [0.4, 0.5) is 0 Å². The van der Waals surface area contributed by atoms with Gasteiger partial charge in [0.25, 0.3) is 0 Å². The molecule has 32 heavy (non-hydrogen) atoms. The predicted octanol–water partition coefficient (Wildman–Crippen LogP) is 4.35. The third-order valence-corrected chi connectivity index (χ3v) is 6.26. The third-order valence-electron chi connectivity index (χ3n) is 6.26. The van der Waals surface area contributed by atoms with Gasteiger partial charge in [-0.3, -0.25) is 10.6 Å². The summed E-state index contributed by atoms with van der Waals surface area (Å²) >= 11 is 0. The van der Waals surface area contributed by atoms with E-state index >= 15 is 0 Å². The largest absolute Gasteiger partial charge is 0.370 e. The summed E-state index contributed by atoms with van der Waals surface area (Å²) in [6.07, 6.45) is 0. The molecule has 1 fully saturated rings. The van der Waals surface area contributed by atoms with E-state index < -0.39 is 23.5 Å². The first-order chi connectivity index (χ1) is 15.6. The molecular formula is C28H26N2O2. The van der Waals surface area contributed by atoms with E-state index in [9.17, 15) is 10.2 Å². The van der Waals surface area contributed by atoms with Crippen LogP contribution in [-0.4, -0.2) is 10.2 Å². The molecule has 4 N–H and O–H groups in total. The summed E-state index contributed by atoms with van der Waals surface area (Å²) < 4.78 is 0. The van der Waals surface area contributed by atoms with Crippen LogP contribution in [-0.2, 0) is 11.4 Å².